The van der Waals surface area contributed by atoms with E-state index in [0.717, 1.165) is 24.8 Å². The molecule has 2 aromatic rings. The summed E-state index contributed by atoms with van der Waals surface area (Å²) in [5.74, 6) is -0.305. The van der Waals surface area contributed by atoms with E-state index < -0.39 is 23.5 Å². The Balaban J connectivity index is 1.98. The Hall–Kier alpha value is -3.58. The number of likely N-dealkylation sites (N-methyl/N-ethyl adjacent to an activating group) is 1. The molecule has 1 heterocycles. The molecule has 0 radical (unpaired) electrons. The summed E-state index contributed by atoms with van der Waals surface area (Å²) >= 11 is 0. The van der Waals surface area contributed by atoms with Gasteiger partial charge in [-0.05, 0) is 56.8 Å². The molecule has 0 bridgehead atoms. The van der Waals surface area contributed by atoms with Gasteiger partial charge in [0.05, 0.1) is 24.8 Å². The van der Waals surface area contributed by atoms with Crippen molar-refractivity contribution in [3.05, 3.63) is 77.1 Å². The zero-order valence-corrected chi connectivity index (χ0v) is 22.3. The number of carbonyl (C=O) groups excluding carboxylic acids is 2. The van der Waals surface area contributed by atoms with Crippen LogP contribution in [0.5, 0.6) is 11.5 Å². The van der Waals surface area contributed by atoms with Crippen LogP contribution in [0.25, 0.3) is 6.08 Å². The van der Waals surface area contributed by atoms with Crippen molar-refractivity contribution in [2.24, 2.45) is 0 Å². The van der Waals surface area contributed by atoms with Crippen molar-refractivity contribution in [3.63, 3.8) is 0 Å². The van der Waals surface area contributed by atoms with Crippen molar-refractivity contribution in [3.8, 4) is 11.5 Å². The van der Waals surface area contributed by atoms with E-state index in [1.807, 2.05) is 74.4 Å². The molecule has 0 aromatic heterocycles. The number of rotatable bonds is 14. The van der Waals surface area contributed by atoms with Crippen LogP contribution in [0.4, 0.5) is 0 Å². The lowest BCUT2D eigenvalue weighted by Gasteiger charge is -2.28. The molecular weight excluding hydrogens is 468 g/mol. The second-order valence-corrected chi connectivity index (χ2v) is 9.27. The standard InChI is InChI=1S/C30H38N2O5/c1-5-7-11-20-37-25-17-15-23(21-26(25)36-6-2)28-27(24(33)16-14-22-12-9-8-10-13-22)29(34)30(35)32(28)19-18-31(3)4/h8-10,12-17,21,28,34H,5-7,11,18-20H2,1-4H3/b16-14+. The number of carbonyl (C=O) groups is 2. The van der Waals surface area contributed by atoms with Crippen LogP contribution in [-0.4, -0.2) is 67.0 Å². The average molecular weight is 507 g/mol. The first-order chi connectivity index (χ1) is 17.9. The first-order valence-electron chi connectivity index (χ1n) is 12.9. The fraction of sp³-hybridized carbons (Fsp3) is 0.400. The topological polar surface area (TPSA) is 79.3 Å². The van der Waals surface area contributed by atoms with Crippen LogP contribution in [0.3, 0.4) is 0 Å². The average Bonchev–Trinajstić information content (AvgIpc) is 3.15. The van der Waals surface area contributed by atoms with Crippen LogP contribution in [0.15, 0.2) is 65.9 Å². The van der Waals surface area contributed by atoms with Gasteiger partial charge < -0.3 is 24.4 Å². The van der Waals surface area contributed by atoms with Crippen LogP contribution >= 0.6 is 0 Å². The van der Waals surface area contributed by atoms with Gasteiger partial charge in [-0.3, -0.25) is 9.59 Å². The quantitative estimate of drug-likeness (QED) is 0.281. The number of unbranched alkanes of at least 4 members (excludes halogenated alkanes) is 2. The van der Waals surface area contributed by atoms with E-state index >= 15 is 0 Å². The molecule has 37 heavy (non-hydrogen) atoms. The minimum absolute atomic E-state index is 0.0648. The zero-order chi connectivity index (χ0) is 26.8. The fourth-order valence-electron chi connectivity index (χ4n) is 4.23. The number of allylic oxidation sites excluding steroid dienone is 1. The van der Waals surface area contributed by atoms with Gasteiger partial charge in [-0.2, -0.15) is 0 Å². The number of hydrogen-bond acceptors (Lipinski definition) is 6. The fourth-order valence-corrected chi connectivity index (χ4v) is 4.23. The molecular formula is C30H38N2O5. The Bertz CT molecular complexity index is 1120. The summed E-state index contributed by atoms with van der Waals surface area (Å²) in [6, 6.07) is 14.1. The predicted molar refractivity (Wildman–Crippen MR) is 146 cm³/mol. The number of amides is 1. The first-order valence-corrected chi connectivity index (χ1v) is 12.9. The van der Waals surface area contributed by atoms with Crippen molar-refractivity contribution in [1.29, 1.82) is 0 Å². The Labute approximate surface area is 220 Å². The molecule has 7 heteroatoms. The number of ether oxygens (including phenoxy) is 2. The third-order valence-corrected chi connectivity index (χ3v) is 6.17. The smallest absolute Gasteiger partial charge is 0.290 e. The molecule has 1 atom stereocenters. The predicted octanol–water partition coefficient (Wildman–Crippen LogP) is 5.19. The maximum Gasteiger partial charge on any atom is 0.290 e. The summed E-state index contributed by atoms with van der Waals surface area (Å²) < 4.78 is 11.8. The molecule has 198 valence electrons. The molecule has 0 saturated carbocycles. The molecule has 1 aliphatic rings. The number of benzene rings is 2. The molecule has 3 rings (SSSR count). The van der Waals surface area contributed by atoms with E-state index in [-0.39, 0.29) is 5.57 Å². The van der Waals surface area contributed by atoms with E-state index in [9.17, 15) is 14.7 Å². The van der Waals surface area contributed by atoms with Gasteiger partial charge in [-0.25, -0.2) is 0 Å². The molecule has 0 spiro atoms. The van der Waals surface area contributed by atoms with E-state index in [1.165, 1.54) is 6.08 Å². The number of aliphatic hydroxyl groups is 1. The van der Waals surface area contributed by atoms with Gasteiger partial charge in [0.15, 0.2) is 23.0 Å². The Morgan fingerprint density at radius 1 is 1.05 bits per heavy atom. The van der Waals surface area contributed by atoms with Crippen molar-refractivity contribution >= 4 is 17.8 Å². The monoisotopic (exact) mass is 506 g/mol. The van der Waals surface area contributed by atoms with Gasteiger partial charge in [0.25, 0.3) is 5.91 Å². The van der Waals surface area contributed by atoms with Crippen LogP contribution in [0, 0.1) is 0 Å². The minimum Gasteiger partial charge on any atom is -0.503 e. The van der Waals surface area contributed by atoms with Gasteiger partial charge in [-0.1, -0.05) is 62.2 Å². The summed E-state index contributed by atoms with van der Waals surface area (Å²) in [6.45, 7) is 5.98. The van der Waals surface area contributed by atoms with Gasteiger partial charge in [0, 0.05) is 13.1 Å². The normalized spacial score (nSPS) is 15.8. The second kappa shape index (κ2) is 13.7. The summed E-state index contributed by atoms with van der Waals surface area (Å²) in [5, 5.41) is 10.9. The molecule has 1 aliphatic heterocycles. The Morgan fingerprint density at radius 2 is 1.81 bits per heavy atom. The highest BCUT2D eigenvalue weighted by atomic mass is 16.5. The SMILES string of the molecule is CCCCCOc1ccc(C2C(C(=O)/C=C/c3ccccc3)=C(O)C(=O)N2CCN(C)C)cc1OCC. The third-order valence-electron chi connectivity index (χ3n) is 6.17. The van der Waals surface area contributed by atoms with Gasteiger partial charge in [-0.15, -0.1) is 0 Å². The van der Waals surface area contributed by atoms with Gasteiger partial charge in [0.1, 0.15) is 0 Å². The highest BCUT2D eigenvalue weighted by Crippen LogP contribution is 2.41. The molecule has 0 aliphatic carbocycles. The maximum atomic E-state index is 13.4. The van der Waals surface area contributed by atoms with Crippen LogP contribution < -0.4 is 9.47 Å². The Kier molecular flexibility index (Phi) is 10.3. The largest absolute Gasteiger partial charge is 0.503 e. The molecule has 1 unspecified atom stereocenters. The zero-order valence-electron chi connectivity index (χ0n) is 22.3. The van der Waals surface area contributed by atoms with E-state index in [1.54, 1.807) is 11.0 Å². The number of nitrogens with zero attached hydrogens (tertiary/aromatic N) is 2. The molecule has 1 N–H and O–H groups in total. The lowest BCUT2D eigenvalue weighted by Crippen LogP contribution is -2.36. The lowest BCUT2D eigenvalue weighted by molar-refractivity contribution is -0.129. The van der Waals surface area contributed by atoms with Crippen LogP contribution in [-0.2, 0) is 9.59 Å². The summed E-state index contributed by atoms with van der Waals surface area (Å²) in [5.41, 5.74) is 1.59. The van der Waals surface area contributed by atoms with Crippen LogP contribution in [0.1, 0.15) is 50.3 Å². The molecule has 0 saturated heterocycles. The maximum absolute atomic E-state index is 13.4. The van der Waals surface area contributed by atoms with Crippen molar-refractivity contribution in [1.82, 2.24) is 9.80 Å². The van der Waals surface area contributed by atoms with Crippen LogP contribution in [0.2, 0.25) is 0 Å². The molecule has 7 nitrogen and oxygen atoms in total. The van der Waals surface area contributed by atoms with Crippen molar-refractivity contribution in [2.45, 2.75) is 39.2 Å². The van der Waals surface area contributed by atoms with Crippen molar-refractivity contribution in [2.75, 3.05) is 40.4 Å². The molecule has 0 fully saturated rings. The third kappa shape index (κ3) is 7.23. The first kappa shape index (κ1) is 28.0. The summed E-state index contributed by atoms with van der Waals surface area (Å²) in [7, 11) is 3.82. The van der Waals surface area contributed by atoms with E-state index in [2.05, 4.69) is 6.92 Å². The van der Waals surface area contributed by atoms with E-state index in [4.69, 9.17) is 9.47 Å². The summed E-state index contributed by atoms with van der Waals surface area (Å²) in [6.07, 6.45) is 6.22. The number of hydrogen-bond donors (Lipinski definition) is 1. The van der Waals surface area contributed by atoms with E-state index in [0.29, 0.717) is 43.4 Å². The summed E-state index contributed by atoms with van der Waals surface area (Å²) in [4.78, 5) is 30.0. The lowest BCUT2D eigenvalue weighted by atomic mass is 9.95. The Morgan fingerprint density at radius 3 is 2.49 bits per heavy atom. The second-order valence-electron chi connectivity index (χ2n) is 9.27. The van der Waals surface area contributed by atoms with Gasteiger partial charge >= 0.3 is 0 Å². The molecule has 2 aromatic carbocycles. The highest BCUT2D eigenvalue weighted by Gasteiger charge is 2.43. The minimum atomic E-state index is -0.742. The van der Waals surface area contributed by atoms with Gasteiger partial charge in [0.2, 0.25) is 0 Å². The number of ketones is 1. The van der Waals surface area contributed by atoms with Crippen molar-refractivity contribution < 1.29 is 24.2 Å². The molecule has 1 amide bonds. The number of aliphatic hydroxyl groups excluding tert-OH is 1. The highest BCUT2D eigenvalue weighted by molar-refractivity contribution is 6.14.